The highest BCUT2D eigenvalue weighted by molar-refractivity contribution is 7.91. The molecule has 5 aromatic carbocycles. The van der Waals surface area contributed by atoms with Crippen LogP contribution in [0.1, 0.15) is 55.2 Å². The number of fused-ring (bicyclic) bond motifs is 3. The van der Waals surface area contributed by atoms with Crippen molar-refractivity contribution in [3.8, 4) is 5.69 Å². The lowest BCUT2D eigenvalue weighted by atomic mass is 9.41. The minimum Gasteiger partial charge on any atom is -0.309 e. The van der Waals surface area contributed by atoms with Gasteiger partial charge in [-0.15, -0.1) is 0 Å². The van der Waals surface area contributed by atoms with E-state index in [1.54, 1.807) is 12.1 Å². The van der Waals surface area contributed by atoms with Gasteiger partial charge in [-0.3, -0.25) is 0 Å². The molecule has 4 aliphatic rings. The summed E-state index contributed by atoms with van der Waals surface area (Å²) in [7, 11) is -3.63. The second-order valence-electron chi connectivity index (χ2n) is 14.3. The van der Waals surface area contributed by atoms with Gasteiger partial charge in [0.1, 0.15) is 0 Å². The van der Waals surface area contributed by atoms with Crippen LogP contribution in [0, 0.1) is 18.8 Å². The van der Waals surface area contributed by atoms with Gasteiger partial charge in [0.15, 0.2) is 0 Å². The Labute approximate surface area is 265 Å². The number of aryl methyl sites for hydroxylation is 1. The van der Waals surface area contributed by atoms with E-state index >= 15 is 0 Å². The Hall–Kier alpha value is -4.15. The van der Waals surface area contributed by atoms with Crippen LogP contribution < -0.4 is 0 Å². The highest BCUT2D eigenvalue weighted by Crippen LogP contribution is 2.66. The summed E-state index contributed by atoms with van der Waals surface area (Å²) in [6, 6.07) is 42.0. The number of benzene rings is 5. The SMILES string of the molecule is Cc1ccc(S(=O)(=O)c2ccccc2C23CC4CC(CC(c5ccc(-n6c7ccccc7c7ccccc76)cc5)(C4)C2)C3)cc1. The molecule has 45 heavy (non-hydrogen) atoms. The summed E-state index contributed by atoms with van der Waals surface area (Å²) in [4.78, 5) is 0.897. The average Bonchev–Trinajstić information content (AvgIpc) is 3.39. The predicted molar refractivity (Wildman–Crippen MR) is 182 cm³/mol. The van der Waals surface area contributed by atoms with Gasteiger partial charge in [-0.05, 0) is 122 Å². The summed E-state index contributed by atoms with van der Waals surface area (Å²) in [6.45, 7) is 1.99. The zero-order chi connectivity index (χ0) is 30.4. The zero-order valence-electron chi connectivity index (χ0n) is 25.6. The van der Waals surface area contributed by atoms with Crippen LogP contribution in [0.15, 0.2) is 131 Å². The summed E-state index contributed by atoms with van der Waals surface area (Å²) in [5.74, 6) is 1.25. The summed E-state index contributed by atoms with van der Waals surface area (Å²) in [5, 5.41) is 2.55. The van der Waals surface area contributed by atoms with E-state index in [0.717, 1.165) is 30.4 Å². The van der Waals surface area contributed by atoms with Crippen molar-refractivity contribution in [2.45, 2.75) is 66.1 Å². The van der Waals surface area contributed by atoms with Crippen molar-refractivity contribution in [1.29, 1.82) is 0 Å². The maximum Gasteiger partial charge on any atom is 0.206 e. The third kappa shape index (κ3) is 4.04. The number of hydrogen-bond donors (Lipinski definition) is 0. The van der Waals surface area contributed by atoms with Crippen molar-refractivity contribution in [3.05, 3.63) is 138 Å². The van der Waals surface area contributed by atoms with E-state index in [2.05, 4.69) is 89.5 Å². The third-order valence-electron chi connectivity index (χ3n) is 11.5. The van der Waals surface area contributed by atoms with E-state index in [4.69, 9.17) is 0 Å². The van der Waals surface area contributed by atoms with Crippen LogP contribution in [0.3, 0.4) is 0 Å². The minimum absolute atomic E-state index is 0.0736. The molecule has 10 rings (SSSR count). The number of nitrogens with zero attached hydrogens (tertiary/aromatic N) is 1. The lowest BCUT2D eigenvalue weighted by Gasteiger charge is -2.63. The summed E-state index contributed by atoms with van der Waals surface area (Å²) in [5.41, 5.74) is 7.13. The first-order chi connectivity index (χ1) is 21.9. The third-order valence-corrected chi connectivity index (χ3v) is 13.3. The van der Waals surface area contributed by atoms with E-state index in [9.17, 15) is 8.42 Å². The molecule has 0 spiro atoms. The van der Waals surface area contributed by atoms with Crippen LogP contribution >= 0.6 is 0 Å². The predicted octanol–water partition coefficient (Wildman–Crippen LogP) is 9.71. The van der Waals surface area contributed by atoms with Gasteiger partial charge in [-0.25, -0.2) is 8.42 Å². The molecule has 2 unspecified atom stereocenters. The standard InChI is InChI=1S/C41H37NO2S/c1-28-14-20-33(21-15-28)45(43,44)39-13-7-4-10-36(39)41-25-29-22-30(26-41)24-40(23-29,27-41)31-16-18-32(19-17-31)42-37-11-5-2-8-34(37)35-9-3-6-12-38(35)42/h2-21,29-30H,22-27H2,1H3. The molecule has 4 heteroatoms. The summed E-state index contributed by atoms with van der Waals surface area (Å²) >= 11 is 0. The molecule has 0 saturated heterocycles. The Morgan fingerprint density at radius 1 is 0.622 bits per heavy atom. The van der Waals surface area contributed by atoms with Crippen molar-refractivity contribution >= 4 is 31.6 Å². The van der Waals surface area contributed by atoms with Crippen LogP contribution in [0.25, 0.3) is 27.5 Å². The van der Waals surface area contributed by atoms with Gasteiger partial charge in [0, 0.05) is 16.5 Å². The number of aromatic nitrogens is 1. The smallest absolute Gasteiger partial charge is 0.206 e. The van der Waals surface area contributed by atoms with Crippen molar-refractivity contribution in [2.24, 2.45) is 11.8 Å². The lowest BCUT2D eigenvalue weighted by Crippen LogP contribution is -2.56. The maximum atomic E-state index is 14.1. The molecule has 1 aromatic heterocycles. The highest BCUT2D eigenvalue weighted by atomic mass is 32.2. The number of sulfone groups is 1. The van der Waals surface area contributed by atoms with Gasteiger partial charge in [0.2, 0.25) is 9.84 Å². The average molecular weight is 608 g/mol. The van der Waals surface area contributed by atoms with Crippen LogP contribution in [0.4, 0.5) is 0 Å². The normalized spacial score (nSPS) is 25.7. The number of para-hydroxylation sites is 2. The molecule has 0 amide bonds. The maximum absolute atomic E-state index is 14.1. The first-order valence-corrected chi connectivity index (χ1v) is 17.8. The molecule has 3 nitrogen and oxygen atoms in total. The molecule has 2 atom stereocenters. The van der Waals surface area contributed by atoms with E-state index in [1.807, 2.05) is 31.2 Å². The van der Waals surface area contributed by atoms with Crippen molar-refractivity contribution < 1.29 is 8.42 Å². The monoisotopic (exact) mass is 607 g/mol. The van der Waals surface area contributed by atoms with Crippen LogP contribution in [0.2, 0.25) is 0 Å². The first kappa shape index (κ1) is 27.2. The van der Waals surface area contributed by atoms with Crippen molar-refractivity contribution in [1.82, 2.24) is 4.57 Å². The molecule has 0 radical (unpaired) electrons. The fourth-order valence-corrected chi connectivity index (χ4v) is 11.6. The Morgan fingerprint density at radius 2 is 1.18 bits per heavy atom. The van der Waals surface area contributed by atoms with Crippen molar-refractivity contribution in [3.63, 3.8) is 0 Å². The molecule has 4 bridgehead atoms. The van der Waals surface area contributed by atoms with Crippen molar-refractivity contribution in [2.75, 3.05) is 0 Å². The summed E-state index contributed by atoms with van der Waals surface area (Å²) < 4.78 is 30.7. The first-order valence-electron chi connectivity index (χ1n) is 16.4. The minimum atomic E-state index is -3.63. The van der Waals surface area contributed by atoms with E-state index in [0.29, 0.717) is 21.6 Å². The molecule has 224 valence electrons. The van der Waals surface area contributed by atoms with Gasteiger partial charge < -0.3 is 4.57 Å². The highest BCUT2D eigenvalue weighted by Gasteiger charge is 2.59. The fourth-order valence-electron chi connectivity index (χ4n) is 10.1. The van der Waals surface area contributed by atoms with E-state index in [-0.39, 0.29) is 10.8 Å². The second kappa shape index (κ2) is 9.67. The Morgan fingerprint density at radius 3 is 1.82 bits per heavy atom. The lowest BCUT2D eigenvalue weighted by molar-refractivity contribution is -0.0292. The molecular formula is C41H37NO2S. The van der Waals surface area contributed by atoms with Crippen LogP contribution in [-0.4, -0.2) is 13.0 Å². The zero-order valence-corrected chi connectivity index (χ0v) is 26.4. The van der Waals surface area contributed by atoms with E-state index in [1.165, 1.54) is 52.3 Å². The van der Waals surface area contributed by atoms with Crippen LogP contribution in [0.5, 0.6) is 0 Å². The molecule has 4 saturated carbocycles. The topological polar surface area (TPSA) is 39.1 Å². The molecule has 0 aliphatic heterocycles. The van der Waals surface area contributed by atoms with Crippen LogP contribution in [-0.2, 0) is 20.7 Å². The molecule has 1 heterocycles. The molecule has 6 aromatic rings. The second-order valence-corrected chi connectivity index (χ2v) is 16.2. The largest absolute Gasteiger partial charge is 0.309 e. The van der Waals surface area contributed by atoms with Gasteiger partial charge in [-0.2, -0.15) is 0 Å². The molecule has 4 aliphatic carbocycles. The van der Waals surface area contributed by atoms with Gasteiger partial charge in [-0.1, -0.05) is 84.4 Å². The Balaban J connectivity index is 1.13. The quantitative estimate of drug-likeness (QED) is 0.196. The van der Waals surface area contributed by atoms with E-state index < -0.39 is 9.84 Å². The van der Waals surface area contributed by atoms with Gasteiger partial charge >= 0.3 is 0 Å². The Bertz CT molecular complexity index is 2140. The molecule has 4 fully saturated rings. The number of rotatable bonds is 5. The number of hydrogen-bond acceptors (Lipinski definition) is 2. The molecular weight excluding hydrogens is 571 g/mol. The summed E-state index contributed by atoms with van der Waals surface area (Å²) in [6.07, 6.45) is 6.87. The van der Waals surface area contributed by atoms with Gasteiger partial charge in [0.25, 0.3) is 0 Å². The Kier molecular flexibility index (Phi) is 5.84. The fraction of sp³-hybridized carbons (Fsp3) is 0.268. The van der Waals surface area contributed by atoms with Gasteiger partial charge in [0.05, 0.1) is 20.8 Å². The molecule has 0 N–H and O–H groups in total.